The van der Waals surface area contributed by atoms with Crippen LogP contribution in [0.15, 0.2) is 42.6 Å². The summed E-state index contributed by atoms with van der Waals surface area (Å²) in [5.74, 6) is 1.56. The summed E-state index contributed by atoms with van der Waals surface area (Å²) in [6.07, 6.45) is 5.26. The van der Waals surface area contributed by atoms with Gasteiger partial charge in [0.05, 0.1) is 12.3 Å². The molecule has 0 aliphatic rings. The highest BCUT2D eigenvalue weighted by Crippen LogP contribution is 2.20. The van der Waals surface area contributed by atoms with E-state index in [2.05, 4.69) is 17.2 Å². The van der Waals surface area contributed by atoms with E-state index in [1.165, 1.54) is 12.8 Å². The molecule has 122 valence electrons. The van der Waals surface area contributed by atoms with Crippen LogP contribution in [0, 0.1) is 5.41 Å². The topological polar surface area (TPSA) is 58.0 Å². The highest BCUT2D eigenvalue weighted by Gasteiger charge is 2.11. The predicted molar refractivity (Wildman–Crippen MR) is 95.8 cm³/mol. The molecular weight excluding hydrogens is 286 g/mol. The van der Waals surface area contributed by atoms with E-state index in [0.717, 1.165) is 35.7 Å². The van der Waals surface area contributed by atoms with Crippen LogP contribution in [0.25, 0.3) is 0 Å². The Kier molecular flexibility index (Phi) is 6.60. The van der Waals surface area contributed by atoms with Crippen molar-refractivity contribution in [3.05, 3.63) is 53.7 Å². The molecule has 2 aromatic rings. The molecule has 1 aromatic carbocycles. The van der Waals surface area contributed by atoms with Crippen molar-refractivity contribution in [3.63, 3.8) is 0 Å². The van der Waals surface area contributed by atoms with Crippen molar-refractivity contribution >= 4 is 11.5 Å². The van der Waals surface area contributed by atoms with Gasteiger partial charge in [0.25, 0.3) is 0 Å². The third-order valence-electron chi connectivity index (χ3n) is 3.58. The fourth-order valence-corrected chi connectivity index (χ4v) is 2.39. The van der Waals surface area contributed by atoms with E-state index >= 15 is 0 Å². The van der Waals surface area contributed by atoms with Crippen molar-refractivity contribution in [2.45, 2.75) is 33.1 Å². The third kappa shape index (κ3) is 4.81. The van der Waals surface area contributed by atoms with Crippen LogP contribution in [0.4, 0.5) is 5.82 Å². The second kappa shape index (κ2) is 8.93. The first-order chi connectivity index (χ1) is 11.3. The molecule has 0 aliphatic carbocycles. The molecule has 0 amide bonds. The maximum absolute atomic E-state index is 8.52. The zero-order chi connectivity index (χ0) is 16.5. The van der Waals surface area contributed by atoms with E-state index in [4.69, 9.17) is 10.1 Å². The first kappa shape index (κ1) is 17.0. The van der Waals surface area contributed by atoms with E-state index in [1.807, 2.05) is 43.3 Å². The van der Waals surface area contributed by atoms with E-state index < -0.39 is 0 Å². The summed E-state index contributed by atoms with van der Waals surface area (Å²) in [4.78, 5) is 4.40. The van der Waals surface area contributed by atoms with E-state index in [9.17, 15) is 0 Å². The van der Waals surface area contributed by atoms with Crippen LogP contribution in [0.1, 0.15) is 44.2 Å². The summed E-state index contributed by atoms with van der Waals surface area (Å²) in [6, 6.07) is 11.5. The Morgan fingerprint density at radius 2 is 2.04 bits per heavy atom. The molecule has 23 heavy (non-hydrogen) atoms. The normalized spacial score (nSPS) is 10.3. The molecule has 4 heteroatoms. The molecule has 0 bridgehead atoms. The molecule has 0 aliphatic heterocycles. The molecule has 0 spiro atoms. The van der Waals surface area contributed by atoms with Crippen LogP contribution in [-0.2, 0) is 0 Å². The Balaban J connectivity index is 2.17. The lowest BCUT2D eigenvalue weighted by molar-refractivity contribution is 0.340. The summed E-state index contributed by atoms with van der Waals surface area (Å²) in [7, 11) is 0. The van der Waals surface area contributed by atoms with Crippen molar-refractivity contribution in [3.8, 4) is 5.75 Å². The number of aromatic nitrogens is 1. The Morgan fingerprint density at radius 1 is 1.17 bits per heavy atom. The molecular formula is C19H25N3O. The summed E-state index contributed by atoms with van der Waals surface area (Å²) in [5.41, 5.74) is 2.11. The van der Waals surface area contributed by atoms with Gasteiger partial charge in [-0.3, -0.25) is 5.41 Å². The van der Waals surface area contributed by atoms with Crippen molar-refractivity contribution in [1.82, 2.24) is 4.98 Å². The zero-order valence-electron chi connectivity index (χ0n) is 13.9. The van der Waals surface area contributed by atoms with Gasteiger partial charge in [-0.1, -0.05) is 31.9 Å². The lowest BCUT2D eigenvalue weighted by Gasteiger charge is -2.12. The lowest BCUT2D eigenvalue weighted by atomic mass is 10.0. The van der Waals surface area contributed by atoms with Gasteiger partial charge in [0.1, 0.15) is 11.6 Å². The van der Waals surface area contributed by atoms with Gasteiger partial charge in [-0.15, -0.1) is 0 Å². The molecule has 0 unspecified atom stereocenters. The quantitative estimate of drug-likeness (QED) is 0.529. The summed E-state index contributed by atoms with van der Waals surface area (Å²) in [5, 5.41) is 11.9. The van der Waals surface area contributed by atoms with E-state index in [0.29, 0.717) is 12.3 Å². The van der Waals surface area contributed by atoms with Gasteiger partial charge in [0.2, 0.25) is 0 Å². The van der Waals surface area contributed by atoms with E-state index in [-0.39, 0.29) is 0 Å². The largest absolute Gasteiger partial charge is 0.494 e. The lowest BCUT2D eigenvalue weighted by Crippen LogP contribution is -2.10. The highest BCUT2D eigenvalue weighted by atomic mass is 16.5. The second-order valence-corrected chi connectivity index (χ2v) is 5.37. The molecule has 2 rings (SSSR count). The second-order valence-electron chi connectivity index (χ2n) is 5.37. The molecule has 2 N–H and O–H groups in total. The van der Waals surface area contributed by atoms with Crippen LogP contribution in [0.5, 0.6) is 5.75 Å². The summed E-state index contributed by atoms with van der Waals surface area (Å²) >= 11 is 0. The molecule has 0 atom stereocenters. The SMILES string of the molecule is CCCCCNc1ncccc1C(=N)c1cccc(OCC)c1. The van der Waals surface area contributed by atoms with E-state index in [1.54, 1.807) is 6.20 Å². The Labute approximate surface area is 138 Å². The molecule has 4 nitrogen and oxygen atoms in total. The van der Waals surface area contributed by atoms with Crippen LogP contribution >= 0.6 is 0 Å². The molecule has 0 fully saturated rings. The standard InChI is InChI=1S/C19H25N3O/c1-3-5-6-12-21-19-17(11-8-13-22-19)18(20)15-9-7-10-16(14-15)23-4-2/h7-11,13-14,20H,3-6,12H2,1-2H3,(H,21,22). The maximum atomic E-state index is 8.52. The maximum Gasteiger partial charge on any atom is 0.135 e. The third-order valence-corrected chi connectivity index (χ3v) is 3.58. The van der Waals surface area contributed by atoms with Crippen molar-refractivity contribution < 1.29 is 4.74 Å². The Morgan fingerprint density at radius 3 is 2.83 bits per heavy atom. The zero-order valence-corrected chi connectivity index (χ0v) is 13.9. The van der Waals surface area contributed by atoms with Crippen LogP contribution in [0.2, 0.25) is 0 Å². The molecule has 0 radical (unpaired) electrons. The average molecular weight is 311 g/mol. The average Bonchev–Trinajstić information content (AvgIpc) is 2.59. The smallest absolute Gasteiger partial charge is 0.135 e. The van der Waals surface area contributed by atoms with Crippen LogP contribution in [-0.4, -0.2) is 23.8 Å². The van der Waals surface area contributed by atoms with Crippen molar-refractivity contribution in [2.75, 3.05) is 18.5 Å². The van der Waals surface area contributed by atoms with Gasteiger partial charge >= 0.3 is 0 Å². The fraction of sp³-hybridized carbons (Fsp3) is 0.368. The number of benzene rings is 1. The van der Waals surface area contributed by atoms with Crippen molar-refractivity contribution in [2.24, 2.45) is 0 Å². The van der Waals surface area contributed by atoms with Gasteiger partial charge in [-0.2, -0.15) is 0 Å². The first-order valence-electron chi connectivity index (χ1n) is 8.27. The molecule has 1 heterocycles. The molecule has 1 aromatic heterocycles. The molecule has 0 saturated carbocycles. The van der Waals surface area contributed by atoms with Crippen LogP contribution in [0.3, 0.4) is 0 Å². The number of unbranched alkanes of at least 4 members (excludes halogenated alkanes) is 2. The Bertz CT molecular complexity index is 640. The number of pyridine rings is 1. The van der Waals surface area contributed by atoms with Gasteiger partial charge in [0, 0.05) is 23.9 Å². The first-order valence-corrected chi connectivity index (χ1v) is 8.27. The number of hydrogen-bond acceptors (Lipinski definition) is 4. The number of rotatable bonds is 9. The molecule has 0 saturated heterocycles. The van der Waals surface area contributed by atoms with Gasteiger partial charge in [-0.25, -0.2) is 4.98 Å². The van der Waals surface area contributed by atoms with Crippen molar-refractivity contribution in [1.29, 1.82) is 5.41 Å². The number of nitrogens with one attached hydrogen (secondary N) is 2. The Hall–Kier alpha value is -2.36. The highest BCUT2D eigenvalue weighted by molar-refractivity contribution is 6.13. The summed E-state index contributed by atoms with van der Waals surface area (Å²) < 4.78 is 5.53. The number of nitrogens with zero attached hydrogens (tertiary/aromatic N) is 1. The number of anilines is 1. The number of hydrogen-bond donors (Lipinski definition) is 2. The number of ether oxygens (including phenoxy) is 1. The van der Waals surface area contributed by atoms with Gasteiger partial charge < -0.3 is 10.1 Å². The van der Waals surface area contributed by atoms with Gasteiger partial charge in [-0.05, 0) is 37.6 Å². The predicted octanol–water partition coefficient (Wildman–Crippen LogP) is 4.50. The summed E-state index contributed by atoms with van der Waals surface area (Å²) in [6.45, 7) is 5.64. The minimum Gasteiger partial charge on any atom is -0.494 e. The fourth-order valence-electron chi connectivity index (χ4n) is 2.39. The van der Waals surface area contributed by atoms with Gasteiger partial charge in [0.15, 0.2) is 0 Å². The van der Waals surface area contributed by atoms with Crippen LogP contribution < -0.4 is 10.1 Å². The minimum absolute atomic E-state index is 0.456. The minimum atomic E-state index is 0.456. The monoisotopic (exact) mass is 311 g/mol.